The zero-order valence-corrected chi connectivity index (χ0v) is 14.0. The number of rotatable bonds is 4. The molecule has 3 aromatic rings. The van der Waals surface area contributed by atoms with Crippen molar-refractivity contribution >= 4 is 23.2 Å². The molecule has 122 valence electrons. The summed E-state index contributed by atoms with van der Waals surface area (Å²) in [5, 5.41) is 7.37. The lowest BCUT2D eigenvalue weighted by molar-refractivity contribution is -0.115. The second kappa shape index (κ2) is 6.80. The van der Waals surface area contributed by atoms with Crippen LogP contribution in [0.5, 0.6) is 0 Å². The Morgan fingerprint density at radius 3 is 2.92 bits per heavy atom. The van der Waals surface area contributed by atoms with Crippen molar-refractivity contribution in [3.8, 4) is 22.8 Å². The van der Waals surface area contributed by atoms with Crippen LogP contribution in [0.15, 0.2) is 41.2 Å². The normalized spacial score (nSPS) is 10.6. The molecule has 1 aromatic carbocycles. The average Bonchev–Trinajstić information content (AvgIpc) is 3.07. The lowest BCUT2D eigenvalue weighted by Crippen LogP contribution is -2.11. The van der Waals surface area contributed by atoms with Crippen LogP contribution in [0.25, 0.3) is 22.8 Å². The van der Waals surface area contributed by atoms with E-state index in [9.17, 15) is 4.79 Å². The molecule has 0 saturated heterocycles. The zero-order valence-electron chi connectivity index (χ0n) is 13.2. The molecule has 0 aliphatic carbocycles. The number of hydrogen-bond acceptors (Lipinski definition) is 5. The van der Waals surface area contributed by atoms with Crippen molar-refractivity contribution in [3.05, 3.63) is 47.2 Å². The highest BCUT2D eigenvalue weighted by molar-refractivity contribution is 6.31. The quantitative estimate of drug-likeness (QED) is 0.771. The van der Waals surface area contributed by atoms with Gasteiger partial charge in [0.25, 0.3) is 5.89 Å². The van der Waals surface area contributed by atoms with E-state index in [1.54, 1.807) is 37.5 Å². The third-order valence-electron chi connectivity index (χ3n) is 3.46. The summed E-state index contributed by atoms with van der Waals surface area (Å²) >= 11 is 6.15. The number of anilines is 1. The summed E-state index contributed by atoms with van der Waals surface area (Å²) in [6.45, 7) is 3.65. The molecule has 0 spiro atoms. The molecule has 0 radical (unpaired) electrons. The molecular formula is C17H15ClN4O2. The Morgan fingerprint density at radius 1 is 1.38 bits per heavy atom. The van der Waals surface area contributed by atoms with Crippen molar-refractivity contribution in [2.75, 3.05) is 5.32 Å². The van der Waals surface area contributed by atoms with Crippen LogP contribution in [-0.4, -0.2) is 21.0 Å². The maximum atomic E-state index is 11.8. The first-order valence-electron chi connectivity index (χ1n) is 7.43. The number of amides is 1. The van der Waals surface area contributed by atoms with Gasteiger partial charge in [0.2, 0.25) is 11.7 Å². The van der Waals surface area contributed by atoms with Crippen LogP contribution in [-0.2, 0) is 4.79 Å². The van der Waals surface area contributed by atoms with Crippen molar-refractivity contribution in [2.24, 2.45) is 0 Å². The van der Waals surface area contributed by atoms with Crippen molar-refractivity contribution in [3.63, 3.8) is 0 Å². The second-order valence-corrected chi connectivity index (χ2v) is 5.65. The van der Waals surface area contributed by atoms with Crippen molar-refractivity contribution in [1.29, 1.82) is 0 Å². The van der Waals surface area contributed by atoms with Gasteiger partial charge in [0.15, 0.2) is 0 Å². The van der Waals surface area contributed by atoms with Crippen LogP contribution in [0.2, 0.25) is 5.02 Å². The fourth-order valence-corrected chi connectivity index (χ4v) is 2.52. The molecule has 1 amide bonds. The molecule has 0 fully saturated rings. The summed E-state index contributed by atoms with van der Waals surface area (Å²) in [5.74, 6) is 0.600. The lowest BCUT2D eigenvalue weighted by Gasteiger charge is -2.11. The first kappa shape index (κ1) is 16.1. The maximum Gasteiger partial charge on any atom is 0.260 e. The highest BCUT2D eigenvalue weighted by Crippen LogP contribution is 2.34. The Bertz CT molecular complexity index is 878. The van der Waals surface area contributed by atoms with Gasteiger partial charge in [0, 0.05) is 29.4 Å². The summed E-state index contributed by atoms with van der Waals surface area (Å²) in [7, 11) is 0. The number of hydrogen-bond donors (Lipinski definition) is 1. The minimum absolute atomic E-state index is 0.103. The number of aryl methyl sites for hydroxylation is 1. The molecule has 0 aliphatic heterocycles. The number of halogens is 1. The lowest BCUT2D eigenvalue weighted by atomic mass is 10.1. The van der Waals surface area contributed by atoms with E-state index in [2.05, 4.69) is 20.4 Å². The second-order valence-electron chi connectivity index (χ2n) is 5.21. The Balaban J connectivity index is 2.06. The van der Waals surface area contributed by atoms with Gasteiger partial charge in [-0.3, -0.25) is 9.78 Å². The van der Waals surface area contributed by atoms with Gasteiger partial charge < -0.3 is 9.84 Å². The molecule has 3 rings (SSSR count). The molecule has 0 aliphatic rings. The van der Waals surface area contributed by atoms with E-state index in [0.29, 0.717) is 28.5 Å². The van der Waals surface area contributed by atoms with E-state index >= 15 is 0 Å². The summed E-state index contributed by atoms with van der Waals surface area (Å²) in [5.41, 5.74) is 2.77. The van der Waals surface area contributed by atoms with Crippen LogP contribution in [0.3, 0.4) is 0 Å². The van der Waals surface area contributed by atoms with Gasteiger partial charge >= 0.3 is 0 Å². The SMILES string of the molecule is CCC(=O)Nc1c(C)cc(Cl)cc1-c1nc(-c2cccnc2)no1. The minimum atomic E-state index is -0.103. The smallest absolute Gasteiger partial charge is 0.260 e. The molecule has 0 saturated carbocycles. The molecular weight excluding hydrogens is 328 g/mol. The Morgan fingerprint density at radius 2 is 2.21 bits per heavy atom. The number of carbonyl (C=O) groups excluding carboxylic acids is 1. The molecule has 1 N–H and O–H groups in total. The van der Waals surface area contributed by atoms with Gasteiger partial charge in [-0.1, -0.05) is 23.7 Å². The summed E-state index contributed by atoms with van der Waals surface area (Å²) in [4.78, 5) is 20.2. The standard InChI is InChI=1S/C17H15ClN4O2/c1-3-14(23)20-15-10(2)7-12(18)8-13(15)17-21-16(22-24-17)11-5-4-6-19-9-11/h4-9H,3H2,1-2H3,(H,20,23). The molecule has 0 atom stereocenters. The maximum absolute atomic E-state index is 11.8. The Kier molecular flexibility index (Phi) is 4.57. The van der Waals surface area contributed by atoms with Gasteiger partial charge in [-0.15, -0.1) is 0 Å². The van der Waals surface area contributed by atoms with Crippen LogP contribution in [0, 0.1) is 6.92 Å². The average molecular weight is 343 g/mol. The fourth-order valence-electron chi connectivity index (χ4n) is 2.25. The van der Waals surface area contributed by atoms with Gasteiger partial charge in [0.1, 0.15) is 0 Å². The monoisotopic (exact) mass is 342 g/mol. The highest BCUT2D eigenvalue weighted by atomic mass is 35.5. The fraction of sp³-hybridized carbons (Fsp3) is 0.176. The Hall–Kier alpha value is -2.73. The van der Waals surface area contributed by atoms with E-state index in [0.717, 1.165) is 11.1 Å². The zero-order chi connectivity index (χ0) is 17.1. The largest absolute Gasteiger partial charge is 0.334 e. The van der Waals surface area contributed by atoms with Crippen LogP contribution < -0.4 is 5.32 Å². The van der Waals surface area contributed by atoms with Gasteiger partial charge in [-0.05, 0) is 36.8 Å². The molecule has 0 bridgehead atoms. The van der Waals surface area contributed by atoms with Gasteiger partial charge in [0.05, 0.1) is 11.3 Å². The van der Waals surface area contributed by atoms with Crippen LogP contribution >= 0.6 is 11.6 Å². The number of aromatic nitrogens is 3. The van der Waals surface area contributed by atoms with E-state index in [1.165, 1.54) is 0 Å². The predicted molar refractivity (Wildman–Crippen MR) is 91.6 cm³/mol. The summed E-state index contributed by atoms with van der Waals surface area (Å²) in [6, 6.07) is 7.10. The molecule has 2 aromatic heterocycles. The molecule has 24 heavy (non-hydrogen) atoms. The van der Waals surface area contributed by atoms with E-state index in [1.807, 2.05) is 13.0 Å². The van der Waals surface area contributed by atoms with Crippen LogP contribution in [0.4, 0.5) is 5.69 Å². The molecule has 6 nitrogen and oxygen atoms in total. The number of carbonyl (C=O) groups is 1. The predicted octanol–water partition coefficient (Wildman–Crippen LogP) is 4.11. The molecule has 7 heteroatoms. The topological polar surface area (TPSA) is 80.9 Å². The first-order chi connectivity index (χ1) is 11.6. The minimum Gasteiger partial charge on any atom is -0.334 e. The number of benzene rings is 1. The van der Waals surface area contributed by atoms with E-state index < -0.39 is 0 Å². The van der Waals surface area contributed by atoms with Crippen LogP contribution in [0.1, 0.15) is 18.9 Å². The third-order valence-corrected chi connectivity index (χ3v) is 3.68. The van der Waals surface area contributed by atoms with E-state index in [-0.39, 0.29) is 11.8 Å². The molecule has 0 unspecified atom stereocenters. The number of pyridine rings is 1. The first-order valence-corrected chi connectivity index (χ1v) is 7.80. The van der Waals surface area contributed by atoms with Crippen molar-refractivity contribution < 1.29 is 9.32 Å². The van der Waals surface area contributed by atoms with Gasteiger partial charge in [-0.2, -0.15) is 4.98 Å². The molecule has 2 heterocycles. The van der Waals surface area contributed by atoms with E-state index in [4.69, 9.17) is 16.1 Å². The summed E-state index contributed by atoms with van der Waals surface area (Å²) in [6.07, 6.45) is 3.69. The number of nitrogens with zero attached hydrogens (tertiary/aromatic N) is 3. The Labute approximate surface area is 143 Å². The number of nitrogens with one attached hydrogen (secondary N) is 1. The van der Waals surface area contributed by atoms with Crippen molar-refractivity contribution in [2.45, 2.75) is 20.3 Å². The van der Waals surface area contributed by atoms with Gasteiger partial charge in [-0.25, -0.2) is 0 Å². The van der Waals surface area contributed by atoms with Crippen molar-refractivity contribution in [1.82, 2.24) is 15.1 Å². The third kappa shape index (κ3) is 3.28. The highest BCUT2D eigenvalue weighted by Gasteiger charge is 2.18. The summed E-state index contributed by atoms with van der Waals surface area (Å²) < 4.78 is 5.37.